The van der Waals surface area contributed by atoms with Crippen molar-refractivity contribution in [3.05, 3.63) is 0 Å². The Balaban J connectivity index is 2.69. The van der Waals surface area contributed by atoms with Crippen molar-refractivity contribution in [1.82, 2.24) is 15.1 Å². The molecule has 0 bridgehead atoms. The lowest BCUT2D eigenvalue weighted by Gasteiger charge is -2.24. The summed E-state index contributed by atoms with van der Waals surface area (Å²) in [4.78, 5) is 37.9. The molecule has 1 atom stereocenters. The van der Waals surface area contributed by atoms with Gasteiger partial charge in [-0.15, -0.1) is 0 Å². The van der Waals surface area contributed by atoms with E-state index in [9.17, 15) is 14.4 Å². The molecule has 1 rings (SSSR count). The molecule has 0 radical (unpaired) electrons. The number of nitrogens with one attached hydrogen (secondary N) is 1. The summed E-state index contributed by atoms with van der Waals surface area (Å²) in [5.74, 6) is -0.384. The van der Waals surface area contributed by atoms with Crippen LogP contribution < -0.4 is 5.32 Å². The molecule has 1 N–H and O–H groups in total. The molecule has 102 valence electrons. The van der Waals surface area contributed by atoms with Crippen LogP contribution in [0.15, 0.2) is 0 Å². The minimum Gasteiger partial charge on any atom is -0.344 e. The van der Waals surface area contributed by atoms with Crippen molar-refractivity contribution in [2.75, 3.05) is 32.4 Å². The number of carbonyl (C=O) groups excluding carboxylic acids is 3. The van der Waals surface area contributed by atoms with E-state index in [1.807, 2.05) is 0 Å². The maximum atomic E-state index is 12.2. The van der Waals surface area contributed by atoms with E-state index in [1.165, 1.54) is 11.8 Å². The molecule has 0 aliphatic carbocycles. The highest BCUT2D eigenvalue weighted by molar-refractivity contribution is 7.80. The monoisotopic (exact) mass is 273 g/mol. The molecule has 1 unspecified atom stereocenters. The molecule has 1 aliphatic heterocycles. The van der Waals surface area contributed by atoms with Crippen LogP contribution in [0.1, 0.15) is 13.3 Å². The first kappa shape index (κ1) is 14.8. The summed E-state index contributed by atoms with van der Waals surface area (Å²) in [6.07, 6.45) is 0.743. The topological polar surface area (TPSA) is 69.7 Å². The van der Waals surface area contributed by atoms with Gasteiger partial charge >= 0.3 is 0 Å². The standard InChI is InChI=1S/C11H19N3O3S/c1-8(15)12-9(7-18)11(17)14-5-3-4-13(2)10(16)6-14/h9,18H,3-7H2,1-2H3,(H,12,15). The second-order valence-electron chi connectivity index (χ2n) is 4.36. The Morgan fingerprint density at radius 3 is 2.67 bits per heavy atom. The Hall–Kier alpha value is -1.24. The van der Waals surface area contributed by atoms with Crippen LogP contribution in [-0.2, 0) is 14.4 Å². The zero-order valence-electron chi connectivity index (χ0n) is 10.7. The fraction of sp³-hybridized carbons (Fsp3) is 0.727. The van der Waals surface area contributed by atoms with Crippen LogP contribution >= 0.6 is 12.6 Å². The molecule has 0 spiro atoms. The fourth-order valence-electron chi connectivity index (χ4n) is 1.83. The Morgan fingerprint density at radius 2 is 2.11 bits per heavy atom. The van der Waals surface area contributed by atoms with Crippen LogP contribution in [0.4, 0.5) is 0 Å². The number of rotatable bonds is 3. The van der Waals surface area contributed by atoms with Crippen LogP contribution in [0.3, 0.4) is 0 Å². The van der Waals surface area contributed by atoms with Gasteiger partial charge in [-0.3, -0.25) is 14.4 Å². The van der Waals surface area contributed by atoms with Gasteiger partial charge in [0.2, 0.25) is 17.7 Å². The zero-order chi connectivity index (χ0) is 13.7. The molecule has 0 aromatic rings. The molecule has 3 amide bonds. The van der Waals surface area contributed by atoms with Crippen molar-refractivity contribution in [1.29, 1.82) is 0 Å². The number of thiol groups is 1. The molecule has 1 saturated heterocycles. The molecule has 0 aromatic heterocycles. The normalized spacial score (nSPS) is 18.3. The summed E-state index contributed by atoms with van der Waals surface area (Å²) in [5, 5.41) is 2.54. The Labute approximate surface area is 112 Å². The van der Waals surface area contributed by atoms with E-state index in [2.05, 4.69) is 17.9 Å². The third kappa shape index (κ3) is 3.90. The third-order valence-corrected chi connectivity index (χ3v) is 3.21. The third-order valence-electron chi connectivity index (χ3n) is 2.84. The van der Waals surface area contributed by atoms with E-state index in [0.29, 0.717) is 13.1 Å². The molecular weight excluding hydrogens is 254 g/mol. The van der Waals surface area contributed by atoms with Crippen LogP contribution in [0.2, 0.25) is 0 Å². The maximum Gasteiger partial charge on any atom is 0.246 e. The maximum absolute atomic E-state index is 12.2. The van der Waals surface area contributed by atoms with E-state index in [-0.39, 0.29) is 30.0 Å². The lowest BCUT2D eigenvalue weighted by atomic mass is 10.2. The van der Waals surface area contributed by atoms with Crippen molar-refractivity contribution >= 4 is 30.4 Å². The van der Waals surface area contributed by atoms with Gasteiger partial charge in [0.25, 0.3) is 0 Å². The molecular formula is C11H19N3O3S. The first-order valence-electron chi connectivity index (χ1n) is 5.86. The van der Waals surface area contributed by atoms with Crippen LogP contribution in [0.25, 0.3) is 0 Å². The Kier molecular flexibility index (Phi) is 5.46. The molecule has 18 heavy (non-hydrogen) atoms. The highest BCUT2D eigenvalue weighted by Gasteiger charge is 2.28. The number of amides is 3. The summed E-state index contributed by atoms with van der Waals surface area (Å²) in [7, 11) is 1.72. The van der Waals surface area contributed by atoms with Crippen molar-refractivity contribution in [2.24, 2.45) is 0 Å². The van der Waals surface area contributed by atoms with Crippen LogP contribution in [-0.4, -0.2) is 66.0 Å². The lowest BCUT2D eigenvalue weighted by molar-refractivity contribution is -0.140. The molecule has 0 saturated carbocycles. The first-order valence-corrected chi connectivity index (χ1v) is 6.49. The summed E-state index contributed by atoms with van der Waals surface area (Å²) in [6.45, 7) is 2.59. The minimum atomic E-state index is -0.665. The van der Waals surface area contributed by atoms with Gasteiger partial charge in [-0.1, -0.05) is 0 Å². The summed E-state index contributed by atoms with van der Waals surface area (Å²) >= 11 is 4.06. The summed E-state index contributed by atoms with van der Waals surface area (Å²) in [5.41, 5.74) is 0. The average Bonchev–Trinajstić information content (AvgIpc) is 2.48. The van der Waals surface area contributed by atoms with Crippen LogP contribution in [0.5, 0.6) is 0 Å². The van der Waals surface area contributed by atoms with Crippen LogP contribution in [0, 0.1) is 0 Å². The Morgan fingerprint density at radius 1 is 1.44 bits per heavy atom. The van der Waals surface area contributed by atoms with Crippen molar-refractivity contribution in [3.8, 4) is 0 Å². The predicted octanol–water partition coefficient (Wildman–Crippen LogP) is -0.888. The Bertz CT molecular complexity index is 348. The van der Waals surface area contributed by atoms with E-state index < -0.39 is 6.04 Å². The number of hydrogen-bond donors (Lipinski definition) is 2. The van der Waals surface area contributed by atoms with E-state index in [1.54, 1.807) is 11.9 Å². The molecule has 1 heterocycles. The largest absolute Gasteiger partial charge is 0.344 e. The van der Waals surface area contributed by atoms with Crippen molar-refractivity contribution in [3.63, 3.8) is 0 Å². The zero-order valence-corrected chi connectivity index (χ0v) is 11.6. The van der Waals surface area contributed by atoms with Crippen molar-refractivity contribution in [2.45, 2.75) is 19.4 Å². The quantitative estimate of drug-likeness (QED) is 0.656. The second kappa shape index (κ2) is 6.63. The van der Waals surface area contributed by atoms with Gasteiger partial charge in [-0.05, 0) is 6.42 Å². The highest BCUT2D eigenvalue weighted by Crippen LogP contribution is 2.05. The number of hydrogen-bond acceptors (Lipinski definition) is 4. The molecule has 0 aromatic carbocycles. The lowest BCUT2D eigenvalue weighted by Crippen LogP contribution is -2.50. The van der Waals surface area contributed by atoms with Gasteiger partial charge in [0, 0.05) is 32.8 Å². The minimum absolute atomic E-state index is 0.0686. The average molecular weight is 273 g/mol. The highest BCUT2D eigenvalue weighted by atomic mass is 32.1. The number of likely N-dealkylation sites (N-methyl/N-ethyl adjacent to an activating group) is 1. The van der Waals surface area contributed by atoms with Gasteiger partial charge in [0.05, 0.1) is 6.54 Å². The second-order valence-corrected chi connectivity index (χ2v) is 4.73. The van der Waals surface area contributed by atoms with Gasteiger partial charge in [0.15, 0.2) is 0 Å². The van der Waals surface area contributed by atoms with Gasteiger partial charge in [-0.25, -0.2) is 0 Å². The first-order chi connectivity index (χ1) is 8.45. The van der Waals surface area contributed by atoms with E-state index in [4.69, 9.17) is 0 Å². The van der Waals surface area contributed by atoms with Gasteiger partial charge < -0.3 is 15.1 Å². The molecule has 1 aliphatic rings. The van der Waals surface area contributed by atoms with Gasteiger partial charge in [-0.2, -0.15) is 12.6 Å². The molecule has 7 heteroatoms. The fourth-order valence-corrected chi connectivity index (χ4v) is 2.07. The predicted molar refractivity (Wildman–Crippen MR) is 70.3 cm³/mol. The molecule has 6 nitrogen and oxygen atoms in total. The van der Waals surface area contributed by atoms with Gasteiger partial charge in [0.1, 0.15) is 6.04 Å². The molecule has 1 fully saturated rings. The smallest absolute Gasteiger partial charge is 0.246 e. The SMILES string of the molecule is CC(=O)NC(CS)C(=O)N1CCCN(C)C(=O)C1. The van der Waals surface area contributed by atoms with E-state index >= 15 is 0 Å². The van der Waals surface area contributed by atoms with E-state index in [0.717, 1.165) is 6.42 Å². The number of carbonyl (C=O) groups is 3. The summed E-state index contributed by atoms with van der Waals surface area (Å²) < 4.78 is 0. The number of nitrogens with zero attached hydrogens (tertiary/aromatic N) is 2. The summed E-state index contributed by atoms with van der Waals surface area (Å²) in [6, 6.07) is -0.665. The van der Waals surface area contributed by atoms with Crippen molar-refractivity contribution < 1.29 is 14.4 Å².